The minimum atomic E-state index is 0.235. The molecule has 0 saturated heterocycles. The molecule has 0 saturated carbocycles. The highest BCUT2D eigenvalue weighted by Gasteiger charge is 1.90. The van der Waals surface area contributed by atoms with Crippen LogP contribution in [-0.4, -0.2) is 44.7 Å². The molecule has 4 heteroatoms. The first-order valence-electron chi connectivity index (χ1n) is 4.90. The number of unbranched alkanes of at least 4 members (excludes halogenated alkanes) is 1. The second-order valence-electron chi connectivity index (χ2n) is 2.69. The van der Waals surface area contributed by atoms with Crippen molar-refractivity contribution < 1.29 is 19.3 Å². The number of aliphatic hydroxyl groups is 1. The molecule has 0 aliphatic rings. The van der Waals surface area contributed by atoms with Crippen molar-refractivity contribution in [2.24, 2.45) is 0 Å². The lowest BCUT2D eigenvalue weighted by Gasteiger charge is -2.05. The van der Waals surface area contributed by atoms with E-state index in [1.54, 1.807) is 0 Å². The maximum Gasteiger partial charge on any atom is 0.111 e. The largest absolute Gasteiger partial charge is 0.499 e. The average Bonchev–Trinajstić information content (AvgIpc) is 2.21. The first-order valence-corrected chi connectivity index (χ1v) is 4.90. The van der Waals surface area contributed by atoms with Gasteiger partial charge in [-0.15, -0.1) is 0 Å². The standard InChI is InChI=1S/C10H20O4/c1-2-12-7-8-14-10-9-13-6-4-3-5-11/h2,11H,1,3-10H2. The van der Waals surface area contributed by atoms with E-state index in [2.05, 4.69) is 6.58 Å². The Hall–Kier alpha value is -0.580. The zero-order chi connectivity index (χ0) is 10.5. The Morgan fingerprint density at radius 1 is 0.929 bits per heavy atom. The molecule has 1 N–H and O–H groups in total. The van der Waals surface area contributed by atoms with E-state index in [-0.39, 0.29) is 6.61 Å². The molecule has 0 unspecified atom stereocenters. The van der Waals surface area contributed by atoms with Crippen LogP contribution in [0.25, 0.3) is 0 Å². The van der Waals surface area contributed by atoms with Crippen LogP contribution in [0.4, 0.5) is 0 Å². The zero-order valence-electron chi connectivity index (χ0n) is 8.61. The SMILES string of the molecule is C=COCCOCCOCCCCO. The lowest BCUT2D eigenvalue weighted by Crippen LogP contribution is -2.08. The van der Waals surface area contributed by atoms with Crippen LogP contribution in [0.2, 0.25) is 0 Å². The second-order valence-corrected chi connectivity index (χ2v) is 2.69. The van der Waals surface area contributed by atoms with Crippen LogP contribution in [0.15, 0.2) is 12.8 Å². The van der Waals surface area contributed by atoms with Gasteiger partial charge in [-0.2, -0.15) is 0 Å². The minimum absolute atomic E-state index is 0.235. The summed E-state index contributed by atoms with van der Waals surface area (Å²) < 4.78 is 15.3. The summed E-state index contributed by atoms with van der Waals surface area (Å²) in [7, 11) is 0. The van der Waals surface area contributed by atoms with Crippen molar-refractivity contribution in [2.75, 3.05) is 39.6 Å². The number of hydrogen-bond acceptors (Lipinski definition) is 4. The van der Waals surface area contributed by atoms with Gasteiger partial charge in [0, 0.05) is 13.2 Å². The summed E-state index contributed by atoms with van der Waals surface area (Å²) in [6.45, 7) is 6.61. The molecule has 0 aliphatic heterocycles. The highest BCUT2D eigenvalue weighted by Crippen LogP contribution is 1.88. The molecule has 0 aromatic heterocycles. The summed E-state index contributed by atoms with van der Waals surface area (Å²) >= 11 is 0. The van der Waals surface area contributed by atoms with E-state index in [0.717, 1.165) is 12.8 Å². The summed E-state index contributed by atoms with van der Waals surface area (Å²) in [5, 5.41) is 8.49. The van der Waals surface area contributed by atoms with E-state index < -0.39 is 0 Å². The molecule has 0 aromatic carbocycles. The highest BCUT2D eigenvalue weighted by molar-refractivity contribution is 4.47. The van der Waals surface area contributed by atoms with E-state index in [1.165, 1.54) is 6.26 Å². The summed E-state index contributed by atoms with van der Waals surface area (Å²) in [5.41, 5.74) is 0. The van der Waals surface area contributed by atoms with E-state index in [1.807, 2.05) is 0 Å². The third kappa shape index (κ3) is 11.4. The van der Waals surface area contributed by atoms with Crippen molar-refractivity contribution in [3.8, 4) is 0 Å². The van der Waals surface area contributed by atoms with E-state index >= 15 is 0 Å². The summed E-state index contributed by atoms with van der Waals surface area (Å²) in [4.78, 5) is 0. The first kappa shape index (κ1) is 13.4. The molecule has 0 rings (SSSR count). The molecule has 0 fully saturated rings. The first-order chi connectivity index (χ1) is 6.91. The molecular formula is C10H20O4. The molecule has 0 heterocycles. The predicted octanol–water partition coefficient (Wildman–Crippen LogP) is 0.952. The summed E-state index contributed by atoms with van der Waals surface area (Å²) in [6.07, 6.45) is 3.10. The highest BCUT2D eigenvalue weighted by atomic mass is 16.5. The normalized spacial score (nSPS) is 10.1. The van der Waals surface area contributed by atoms with Crippen LogP contribution in [0.5, 0.6) is 0 Å². The molecule has 0 aromatic rings. The van der Waals surface area contributed by atoms with Gasteiger partial charge in [-0.25, -0.2) is 0 Å². The maximum atomic E-state index is 8.49. The van der Waals surface area contributed by atoms with Crippen molar-refractivity contribution in [2.45, 2.75) is 12.8 Å². The monoisotopic (exact) mass is 204 g/mol. The van der Waals surface area contributed by atoms with Crippen molar-refractivity contribution >= 4 is 0 Å². The minimum Gasteiger partial charge on any atom is -0.499 e. The molecule has 0 aliphatic carbocycles. The predicted molar refractivity (Wildman–Crippen MR) is 54.1 cm³/mol. The molecule has 84 valence electrons. The second kappa shape index (κ2) is 12.4. The Bertz CT molecular complexity index is 117. The molecule has 14 heavy (non-hydrogen) atoms. The topological polar surface area (TPSA) is 47.9 Å². The molecule has 0 spiro atoms. The lowest BCUT2D eigenvalue weighted by atomic mass is 10.3. The quantitative estimate of drug-likeness (QED) is 0.402. The van der Waals surface area contributed by atoms with Gasteiger partial charge in [0.15, 0.2) is 0 Å². The zero-order valence-corrected chi connectivity index (χ0v) is 8.61. The van der Waals surface area contributed by atoms with Crippen LogP contribution in [0.1, 0.15) is 12.8 Å². The van der Waals surface area contributed by atoms with Crippen molar-refractivity contribution in [3.63, 3.8) is 0 Å². The third-order valence-electron chi connectivity index (χ3n) is 1.53. The summed E-state index contributed by atoms with van der Waals surface area (Å²) in [5.74, 6) is 0. The van der Waals surface area contributed by atoms with Crippen molar-refractivity contribution in [1.29, 1.82) is 0 Å². The van der Waals surface area contributed by atoms with Gasteiger partial charge in [0.25, 0.3) is 0 Å². The fourth-order valence-electron chi connectivity index (χ4n) is 0.828. The number of hydrogen-bond donors (Lipinski definition) is 1. The maximum absolute atomic E-state index is 8.49. The van der Waals surface area contributed by atoms with Gasteiger partial charge in [0.1, 0.15) is 6.61 Å². The van der Waals surface area contributed by atoms with Gasteiger partial charge >= 0.3 is 0 Å². The fourth-order valence-corrected chi connectivity index (χ4v) is 0.828. The molecular weight excluding hydrogens is 184 g/mol. The molecule has 4 nitrogen and oxygen atoms in total. The molecule has 0 amide bonds. The average molecular weight is 204 g/mol. The van der Waals surface area contributed by atoms with E-state index in [9.17, 15) is 0 Å². The van der Waals surface area contributed by atoms with Gasteiger partial charge in [-0.1, -0.05) is 6.58 Å². The van der Waals surface area contributed by atoms with Gasteiger partial charge in [-0.05, 0) is 12.8 Å². The van der Waals surface area contributed by atoms with Crippen molar-refractivity contribution in [1.82, 2.24) is 0 Å². The van der Waals surface area contributed by atoms with Crippen LogP contribution in [-0.2, 0) is 14.2 Å². The van der Waals surface area contributed by atoms with Crippen LogP contribution >= 0.6 is 0 Å². The van der Waals surface area contributed by atoms with E-state index in [0.29, 0.717) is 33.0 Å². The fraction of sp³-hybridized carbons (Fsp3) is 0.800. The Morgan fingerprint density at radius 3 is 2.21 bits per heavy atom. The van der Waals surface area contributed by atoms with Crippen molar-refractivity contribution in [3.05, 3.63) is 12.8 Å². The number of aliphatic hydroxyl groups excluding tert-OH is 1. The molecule has 0 bridgehead atoms. The van der Waals surface area contributed by atoms with Crippen LogP contribution in [0, 0.1) is 0 Å². The van der Waals surface area contributed by atoms with Crippen LogP contribution < -0.4 is 0 Å². The van der Waals surface area contributed by atoms with E-state index in [4.69, 9.17) is 19.3 Å². The number of ether oxygens (including phenoxy) is 3. The Labute approximate surface area is 85.5 Å². The Kier molecular flexibility index (Phi) is 11.9. The molecule has 0 atom stereocenters. The smallest absolute Gasteiger partial charge is 0.111 e. The number of rotatable bonds is 11. The van der Waals surface area contributed by atoms with Crippen LogP contribution in [0.3, 0.4) is 0 Å². The van der Waals surface area contributed by atoms with Gasteiger partial charge in [0.05, 0.1) is 26.1 Å². The third-order valence-corrected chi connectivity index (χ3v) is 1.53. The molecule has 0 radical (unpaired) electrons. The Balaban J connectivity index is 2.81. The van der Waals surface area contributed by atoms with Gasteiger partial charge < -0.3 is 19.3 Å². The lowest BCUT2D eigenvalue weighted by molar-refractivity contribution is 0.0290. The van der Waals surface area contributed by atoms with Gasteiger partial charge in [-0.3, -0.25) is 0 Å². The van der Waals surface area contributed by atoms with Gasteiger partial charge in [0.2, 0.25) is 0 Å². The Morgan fingerprint density at radius 2 is 1.57 bits per heavy atom. The summed E-state index contributed by atoms with van der Waals surface area (Å²) in [6, 6.07) is 0.